The summed E-state index contributed by atoms with van der Waals surface area (Å²) < 4.78 is 20.0. The lowest BCUT2D eigenvalue weighted by atomic mass is 9.94. The molecular formula is C21H27FN2O3. The van der Waals surface area contributed by atoms with Gasteiger partial charge in [-0.1, -0.05) is 19.3 Å². The van der Waals surface area contributed by atoms with Crippen LogP contribution in [0.1, 0.15) is 51.9 Å². The molecule has 2 aromatic rings. The Morgan fingerprint density at radius 2 is 2.00 bits per heavy atom. The molecule has 1 N–H and O–H groups in total. The maximum atomic E-state index is 14.5. The minimum atomic E-state index is -0.493. The molecule has 1 fully saturated rings. The second kappa shape index (κ2) is 9.02. The van der Waals surface area contributed by atoms with Crippen LogP contribution in [0.5, 0.6) is 5.75 Å². The largest absolute Gasteiger partial charge is 0.490 e. The first-order valence-electron chi connectivity index (χ1n) is 9.84. The number of nitrogens with one attached hydrogen (secondary N) is 1. The monoisotopic (exact) mass is 374 g/mol. The summed E-state index contributed by atoms with van der Waals surface area (Å²) in [6.07, 6.45) is 6.81. The molecule has 5 nitrogen and oxygen atoms in total. The van der Waals surface area contributed by atoms with E-state index in [0.717, 1.165) is 19.4 Å². The number of carbonyl (C=O) groups is 1. The Kier molecular flexibility index (Phi) is 6.48. The van der Waals surface area contributed by atoms with Crippen molar-refractivity contribution in [3.8, 4) is 5.75 Å². The van der Waals surface area contributed by atoms with Crippen LogP contribution >= 0.6 is 0 Å². The van der Waals surface area contributed by atoms with E-state index >= 15 is 0 Å². The third-order valence-electron chi connectivity index (χ3n) is 5.27. The first-order valence-corrected chi connectivity index (χ1v) is 9.84. The van der Waals surface area contributed by atoms with Crippen molar-refractivity contribution in [2.45, 2.75) is 57.9 Å². The minimum absolute atomic E-state index is 0.140. The Balaban J connectivity index is 1.53. The number of aromatic amines is 1. The number of rotatable bonds is 7. The van der Waals surface area contributed by atoms with E-state index in [2.05, 4.69) is 4.98 Å². The van der Waals surface area contributed by atoms with E-state index in [1.165, 1.54) is 37.5 Å². The zero-order valence-electron chi connectivity index (χ0n) is 15.8. The Labute approximate surface area is 158 Å². The van der Waals surface area contributed by atoms with Gasteiger partial charge in [-0.3, -0.25) is 9.59 Å². The molecule has 1 heterocycles. The van der Waals surface area contributed by atoms with E-state index < -0.39 is 5.82 Å². The lowest BCUT2D eigenvalue weighted by Crippen LogP contribution is -2.41. The lowest BCUT2D eigenvalue weighted by molar-refractivity contribution is -0.134. The molecule has 0 bridgehead atoms. The first kappa shape index (κ1) is 19.4. The SMILES string of the molecule is CCN(C(=O)CCCOc1ccc2[nH]c(=O)ccc2c1F)C1CCCCC1. The second-order valence-corrected chi connectivity index (χ2v) is 7.09. The van der Waals surface area contributed by atoms with Gasteiger partial charge in [0.2, 0.25) is 11.5 Å². The number of aromatic nitrogens is 1. The molecule has 0 atom stereocenters. The maximum absolute atomic E-state index is 14.5. The minimum Gasteiger partial charge on any atom is -0.490 e. The molecule has 0 saturated heterocycles. The Bertz CT molecular complexity index is 843. The highest BCUT2D eigenvalue weighted by atomic mass is 19.1. The highest BCUT2D eigenvalue weighted by Crippen LogP contribution is 2.25. The van der Waals surface area contributed by atoms with Crippen molar-refractivity contribution in [1.82, 2.24) is 9.88 Å². The van der Waals surface area contributed by atoms with Crippen LogP contribution < -0.4 is 10.3 Å². The van der Waals surface area contributed by atoms with Crippen molar-refractivity contribution in [2.75, 3.05) is 13.2 Å². The smallest absolute Gasteiger partial charge is 0.248 e. The van der Waals surface area contributed by atoms with Gasteiger partial charge in [0.25, 0.3) is 0 Å². The number of nitrogens with zero attached hydrogens (tertiary/aromatic N) is 1. The van der Waals surface area contributed by atoms with Crippen LogP contribution in [-0.4, -0.2) is 35.0 Å². The summed E-state index contributed by atoms with van der Waals surface area (Å²) in [7, 11) is 0. The summed E-state index contributed by atoms with van der Waals surface area (Å²) in [5.74, 6) is -0.196. The van der Waals surface area contributed by atoms with Gasteiger partial charge >= 0.3 is 0 Å². The molecule has 1 aromatic carbocycles. The molecule has 27 heavy (non-hydrogen) atoms. The van der Waals surface area contributed by atoms with Crippen LogP contribution in [0.2, 0.25) is 0 Å². The van der Waals surface area contributed by atoms with Crippen molar-refractivity contribution >= 4 is 16.8 Å². The second-order valence-electron chi connectivity index (χ2n) is 7.09. The molecule has 0 spiro atoms. The highest BCUT2D eigenvalue weighted by molar-refractivity contribution is 5.80. The van der Waals surface area contributed by atoms with E-state index in [-0.39, 0.29) is 23.8 Å². The number of ether oxygens (including phenoxy) is 1. The molecule has 1 aliphatic carbocycles. The van der Waals surface area contributed by atoms with E-state index in [0.29, 0.717) is 29.8 Å². The fourth-order valence-electron chi connectivity index (χ4n) is 3.87. The summed E-state index contributed by atoms with van der Waals surface area (Å²) >= 11 is 0. The molecule has 3 rings (SSSR count). The van der Waals surface area contributed by atoms with Crippen LogP contribution in [-0.2, 0) is 4.79 Å². The van der Waals surface area contributed by atoms with Crippen molar-refractivity contribution < 1.29 is 13.9 Å². The van der Waals surface area contributed by atoms with Gasteiger partial charge in [-0.2, -0.15) is 0 Å². The van der Waals surface area contributed by atoms with Crippen LogP contribution in [0.15, 0.2) is 29.1 Å². The molecule has 0 aliphatic heterocycles. The average molecular weight is 374 g/mol. The van der Waals surface area contributed by atoms with Gasteiger partial charge < -0.3 is 14.6 Å². The maximum Gasteiger partial charge on any atom is 0.248 e. The highest BCUT2D eigenvalue weighted by Gasteiger charge is 2.23. The van der Waals surface area contributed by atoms with Gasteiger partial charge in [0.1, 0.15) is 0 Å². The summed E-state index contributed by atoms with van der Waals surface area (Å²) in [6.45, 7) is 3.04. The number of hydrogen-bond donors (Lipinski definition) is 1. The Morgan fingerprint density at radius 1 is 1.22 bits per heavy atom. The molecule has 1 amide bonds. The molecular weight excluding hydrogens is 347 g/mol. The zero-order valence-corrected chi connectivity index (χ0v) is 15.8. The summed E-state index contributed by atoms with van der Waals surface area (Å²) in [6, 6.07) is 6.25. The quantitative estimate of drug-likeness (QED) is 0.745. The Hall–Kier alpha value is -2.37. The zero-order chi connectivity index (χ0) is 19.2. The van der Waals surface area contributed by atoms with Gasteiger partial charge in [0.05, 0.1) is 12.1 Å². The number of halogens is 1. The number of fused-ring (bicyclic) bond motifs is 1. The lowest BCUT2D eigenvalue weighted by Gasteiger charge is -2.33. The van der Waals surface area contributed by atoms with Crippen LogP contribution in [0.4, 0.5) is 4.39 Å². The molecule has 146 valence electrons. The van der Waals surface area contributed by atoms with E-state index in [4.69, 9.17) is 4.74 Å². The number of hydrogen-bond acceptors (Lipinski definition) is 3. The van der Waals surface area contributed by atoms with Crippen LogP contribution in [0, 0.1) is 5.82 Å². The van der Waals surface area contributed by atoms with Gasteiger partial charge in [-0.25, -0.2) is 4.39 Å². The molecule has 1 saturated carbocycles. The molecule has 0 radical (unpaired) electrons. The van der Waals surface area contributed by atoms with Crippen molar-refractivity contribution in [3.63, 3.8) is 0 Å². The van der Waals surface area contributed by atoms with Gasteiger partial charge in [-0.05, 0) is 44.4 Å². The van der Waals surface area contributed by atoms with Gasteiger partial charge in [0.15, 0.2) is 11.6 Å². The number of pyridine rings is 1. The third-order valence-corrected chi connectivity index (χ3v) is 5.27. The third kappa shape index (κ3) is 4.67. The predicted octanol–water partition coefficient (Wildman–Crippen LogP) is 4.01. The van der Waals surface area contributed by atoms with Crippen molar-refractivity contribution in [2.24, 2.45) is 0 Å². The number of amides is 1. The fraction of sp³-hybridized carbons (Fsp3) is 0.524. The normalized spacial score (nSPS) is 15.0. The Morgan fingerprint density at radius 3 is 2.74 bits per heavy atom. The summed E-state index contributed by atoms with van der Waals surface area (Å²) in [5, 5.41) is 0.317. The van der Waals surface area contributed by atoms with Gasteiger partial charge in [0, 0.05) is 30.5 Å². The van der Waals surface area contributed by atoms with Gasteiger partial charge in [-0.15, -0.1) is 0 Å². The molecule has 0 unspecified atom stereocenters. The van der Waals surface area contributed by atoms with Crippen LogP contribution in [0.25, 0.3) is 10.9 Å². The number of carbonyl (C=O) groups excluding carboxylic acids is 1. The van der Waals surface area contributed by atoms with E-state index in [9.17, 15) is 14.0 Å². The van der Waals surface area contributed by atoms with Crippen molar-refractivity contribution in [1.29, 1.82) is 0 Å². The van der Waals surface area contributed by atoms with E-state index in [1.54, 1.807) is 6.07 Å². The first-order chi connectivity index (χ1) is 13.1. The topological polar surface area (TPSA) is 62.4 Å². The predicted molar refractivity (Wildman–Crippen MR) is 104 cm³/mol. The molecule has 1 aromatic heterocycles. The van der Waals surface area contributed by atoms with E-state index in [1.807, 2.05) is 11.8 Å². The standard InChI is InChI=1S/C21H27FN2O3/c1-2-24(15-7-4-3-5-8-15)20(26)9-6-14-27-18-12-11-17-16(21(18)22)10-13-19(25)23-17/h10-13,15H,2-9,14H2,1H3,(H,23,25). The summed E-state index contributed by atoms with van der Waals surface area (Å²) in [4.78, 5) is 28.4. The molecule has 6 heteroatoms. The van der Waals surface area contributed by atoms with Crippen LogP contribution in [0.3, 0.4) is 0 Å². The number of benzene rings is 1. The number of H-pyrrole nitrogens is 1. The molecule has 1 aliphatic rings. The van der Waals surface area contributed by atoms with Crippen molar-refractivity contribution in [3.05, 3.63) is 40.4 Å². The fourth-order valence-corrected chi connectivity index (χ4v) is 3.87. The average Bonchev–Trinajstić information content (AvgIpc) is 2.68. The summed E-state index contributed by atoms with van der Waals surface area (Å²) in [5.41, 5.74) is 0.168.